The molecule has 1 aliphatic carbocycles. The second kappa shape index (κ2) is 5.71. The van der Waals surface area contributed by atoms with Crippen LogP contribution in [0.4, 0.5) is 0 Å². The number of hydrogen-bond donors (Lipinski definition) is 0. The lowest BCUT2D eigenvalue weighted by atomic mass is 10.1. The van der Waals surface area contributed by atoms with E-state index in [9.17, 15) is 0 Å². The van der Waals surface area contributed by atoms with E-state index in [1.165, 1.54) is 18.4 Å². The summed E-state index contributed by atoms with van der Waals surface area (Å²) in [7, 11) is 1.68. The quantitative estimate of drug-likeness (QED) is 0.722. The minimum atomic E-state index is 0.302. The molecule has 0 radical (unpaired) electrons. The van der Waals surface area contributed by atoms with E-state index >= 15 is 0 Å². The molecule has 0 aromatic heterocycles. The van der Waals surface area contributed by atoms with Gasteiger partial charge in [0.15, 0.2) is 0 Å². The van der Waals surface area contributed by atoms with E-state index in [2.05, 4.69) is 12.2 Å². The van der Waals surface area contributed by atoms with Crippen molar-refractivity contribution < 1.29 is 9.47 Å². The summed E-state index contributed by atoms with van der Waals surface area (Å²) in [5, 5.41) is 0. The number of rotatable bonds is 4. The van der Waals surface area contributed by atoms with Crippen LogP contribution < -0.4 is 4.74 Å². The Labute approximate surface area is 96.9 Å². The Morgan fingerprint density at radius 2 is 2.06 bits per heavy atom. The van der Waals surface area contributed by atoms with Gasteiger partial charge in [-0.05, 0) is 37.0 Å². The molecule has 1 aromatic rings. The van der Waals surface area contributed by atoms with Gasteiger partial charge in [0.2, 0.25) is 0 Å². The van der Waals surface area contributed by atoms with Crippen molar-refractivity contribution in [3.8, 4) is 5.75 Å². The molecule has 0 fully saturated rings. The highest BCUT2D eigenvalue weighted by atomic mass is 16.5. The Morgan fingerprint density at radius 1 is 1.25 bits per heavy atom. The summed E-state index contributed by atoms with van der Waals surface area (Å²) in [4.78, 5) is 0. The molecule has 16 heavy (non-hydrogen) atoms. The summed E-state index contributed by atoms with van der Waals surface area (Å²) in [6.07, 6.45) is 8.27. The zero-order valence-electron chi connectivity index (χ0n) is 9.69. The Hall–Kier alpha value is -1.28. The lowest BCUT2D eigenvalue weighted by Crippen LogP contribution is -2.12. The van der Waals surface area contributed by atoms with Crippen LogP contribution in [0.25, 0.3) is 0 Å². The van der Waals surface area contributed by atoms with Gasteiger partial charge in [0, 0.05) is 0 Å². The topological polar surface area (TPSA) is 18.5 Å². The molecule has 0 spiro atoms. The predicted molar refractivity (Wildman–Crippen MR) is 64.6 cm³/mol. The first-order valence-corrected chi connectivity index (χ1v) is 5.79. The third-order valence-electron chi connectivity index (χ3n) is 2.83. The number of allylic oxidation sites excluding steroid dienone is 1. The molecule has 1 aliphatic rings. The molecule has 0 unspecified atom stereocenters. The van der Waals surface area contributed by atoms with Crippen molar-refractivity contribution in [1.29, 1.82) is 0 Å². The smallest absolute Gasteiger partial charge is 0.118 e. The summed E-state index contributed by atoms with van der Waals surface area (Å²) in [5.74, 6) is 0.890. The lowest BCUT2D eigenvalue weighted by Gasteiger charge is -2.17. The highest BCUT2D eigenvalue weighted by Gasteiger charge is 2.08. The average Bonchev–Trinajstić information content (AvgIpc) is 2.38. The highest BCUT2D eigenvalue weighted by Crippen LogP contribution is 2.17. The molecule has 0 N–H and O–H groups in total. The molecule has 86 valence electrons. The molecule has 2 heteroatoms. The fourth-order valence-corrected chi connectivity index (χ4v) is 1.85. The van der Waals surface area contributed by atoms with Gasteiger partial charge in [0.25, 0.3) is 0 Å². The summed E-state index contributed by atoms with van der Waals surface area (Å²) >= 11 is 0. The minimum Gasteiger partial charge on any atom is -0.497 e. The molecule has 0 aliphatic heterocycles. The van der Waals surface area contributed by atoms with Gasteiger partial charge in [-0.25, -0.2) is 0 Å². The van der Waals surface area contributed by atoms with Crippen LogP contribution in [-0.2, 0) is 11.3 Å². The Kier molecular flexibility index (Phi) is 4.00. The van der Waals surface area contributed by atoms with Gasteiger partial charge in [-0.3, -0.25) is 0 Å². The fraction of sp³-hybridized carbons (Fsp3) is 0.429. The Balaban J connectivity index is 1.84. The Bertz CT molecular complexity index is 340. The van der Waals surface area contributed by atoms with Gasteiger partial charge in [0.1, 0.15) is 5.75 Å². The molecule has 0 saturated carbocycles. The maximum atomic E-state index is 5.81. The SMILES string of the molecule is COc1ccc(CO[C@H]2C=CCCC2)cc1. The predicted octanol–water partition coefficient (Wildman–Crippen LogP) is 3.32. The van der Waals surface area contributed by atoms with Crippen LogP contribution >= 0.6 is 0 Å². The fourth-order valence-electron chi connectivity index (χ4n) is 1.85. The van der Waals surface area contributed by atoms with Gasteiger partial charge in [-0.15, -0.1) is 0 Å². The van der Waals surface area contributed by atoms with Crippen molar-refractivity contribution >= 4 is 0 Å². The van der Waals surface area contributed by atoms with Crippen LogP contribution in [0.3, 0.4) is 0 Å². The molecule has 0 saturated heterocycles. The molecule has 1 atom stereocenters. The normalized spacial score (nSPS) is 19.7. The average molecular weight is 218 g/mol. The monoisotopic (exact) mass is 218 g/mol. The van der Waals surface area contributed by atoms with Crippen molar-refractivity contribution in [2.45, 2.75) is 32.0 Å². The van der Waals surface area contributed by atoms with Crippen molar-refractivity contribution in [3.63, 3.8) is 0 Å². The summed E-state index contributed by atoms with van der Waals surface area (Å²) < 4.78 is 10.9. The first-order chi connectivity index (χ1) is 7.88. The lowest BCUT2D eigenvalue weighted by molar-refractivity contribution is 0.0625. The van der Waals surface area contributed by atoms with Crippen LogP contribution in [0.5, 0.6) is 5.75 Å². The minimum absolute atomic E-state index is 0.302. The number of ether oxygens (including phenoxy) is 2. The van der Waals surface area contributed by atoms with E-state index < -0.39 is 0 Å². The summed E-state index contributed by atoms with van der Waals surface area (Å²) in [6, 6.07) is 8.03. The second-order valence-corrected chi connectivity index (χ2v) is 4.06. The van der Waals surface area contributed by atoms with E-state index in [-0.39, 0.29) is 0 Å². The van der Waals surface area contributed by atoms with E-state index in [1.54, 1.807) is 7.11 Å². The van der Waals surface area contributed by atoms with Gasteiger partial charge >= 0.3 is 0 Å². The molecule has 1 aromatic carbocycles. The van der Waals surface area contributed by atoms with Crippen LogP contribution in [0.15, 0.2) is 36.4 Å². The van der Waals surface area contributed by atoms with Crippen LogP contribution in [0.1, 0.15) is 24.8 Å². The zero-order valence-corrected chi connectivity index (χ0v) is 9.69. The van der Waals surface area contributed by atoms with Gasteiger partial charge < -0.3 is 9.47 Å². The first kappa shape index (κ1) is 11.2. The summed E-state index contributed by atoms with van der Waals surface area (Å²) in [6.45, 7) is 0.680. The third-order valence-corrected chi connectivity index (χ3v) is 2.83. The first-order valence-electron chi connectivity index (χ1n) is 5.79. The van der Waals surface area contributed by atoms with Crippen molar-refractivity contribution in [3.05, 3.63) is 42.0 Å². The van der Waals surface area contributed by atoms with Crippen LogP contribution in [-0.4, -0.2) is 13.2 Å². The molecule has 2 nitrogen and oxygen atoms in total. The number of hydrogen-bond acceptors (Lipinski definition) is 2. The van der Waals surface area contributed by atoms with E-state index in [4.69, 9.17) is 9.47 Å². The van der Waals surface area contributed by atoms with Crippen LogP contribution in [0.2, 0.25) is 0 Å². The number of methoxy groups -OCH3 is 1. The Morgan fingerprint density at radius 3 is 2.69 bits per heavy atom. The standard InChI is InChI=1S/C14H18O2/c1-15-13-9-7-12(8-10-13)11-16-14-5-3-2-4-6-14/h3,5,7-10,14H,2,4,6,11H2,1H3/t14-/m0/s1. The third kappa shape index (κ3) is 3.11. The van der Waals surface area contributed by atoms with E-state index in [0.29, 0.717) is 12.7 Å². The van der Waals surface area contributed by atoms with Crippen molar-refractivity contribution in [1.82, 2.24) is 0 Å². The molecule has 2 rings (SSSR count). The van der Waals surface area contributed by atoms with E-state index in [0.717, 1.165) is 12.2 Å². The molecular weight excluding hydrogens is 200 g/mol. The van der Waals surface area contributed by atoms with E-state index in [1.807, 2.05) is 24.3 Å². The second-order valence-electron chi connectivity index (χ2n) is 4.06. The highest BCUT2D eigenvalue weighted by molar-refractivity contribution is 5.26. The van der Waals surface area contributed by atoms with Crippen LogP contribution in [0, 0.1) is 0 Å². The molecular formula is C14H18O2. The largest absolute Gasteiger partial charge is 0.497 e. The van der Waals surface area contributed by atoms with Gasteiger partial charge in [0.05, 0.1) is 19.8 Å². The number of benzene rings is 1. The van der Waals surface area contributed by atoms with Gasteiger partial charge in [-0.2, -0.15) is 0 Å². The zero-order chi connectivity index (χ0) is 11.2. The van der Waals surface area contributed by atoms with Crippen molar-refractivity contribution in [2.24, 2.45) is 0 Å². The maximum absolute atomic E-state index is 5.81. The van der Waals surface area contributed by atoms with Gasteiger partial charge in [-0.1, -0.05) is 24.3 Å². The maximum Gasteiger partial charge on any atom is 0.118 e. The molecule has 0 amide bonds. The molecule has 0 bridgehead atoms. The van der Waals surface area contributed by atoms with Crippen molar-refractivity contribution in [2.75, 3.05) is 7.11 Å². The molecule has 0 heterocycles. The summed E-state index contributed by atoms with van der Waals surface area (Å²) in [5.41, 5.74) is 1.19.